The van der Waals surface area contributed by atoms with Gasteiger partial charge >= 0.3 is 0 Å². The minimum absolute atomic E-state index is 0.388. The maximum Gasteiger partial charge on any atom is 0.188 e. The maximum atomic E-state index is 9.45. The summed E-state index contributed by atoms with van der Waals surface area (Å²) in [6, 6.07) is 25.9. The molecule has 6 nitrogen and oxygen atoms in total. The summed E-state index contributed by atoms with van der Waals surface area (Å²) in [6.07, 6.45) is 2.88. The van der Waals surface area contributed by atoms with Gasteiger partial charge in [-0.15, -0.1) is 0 Å². The first-order chi connectivity index (χ1) is 17.5. The molecule has 0 bridgehead atoms. The van der Waals surface area contributed by atoms with Crippen molar-refractivity contribution in [1.29, 1.82) is 5.26 Å². The summed E-state index contributed by atoms with van der Waals surface area (Å²) in [5.74, 6) is -0.812. The lowest BCUT2D eigenvalue weighted by Gasteiger charge is -2.19. The highest BCUT2D eigenvalue weighted by Gasteiger charge is 2.43. The van der Waals surface area contributed by atoms with Gasteiger partial charge in [0, 0.05) is 28.2 Å². The molecule has 0 aliphatic carbocycles. The zero-order chi connectivity index (χ0) is 24.9. The Morgan fingerprint density at radius 1 is 0.917 bits per heavy atom. The van der Waals surface area contributed by atoms with Gasteiger partial charge in [0.2, 0.25) is 0 Å². The van der Waals surface area contributed by atoms with Crippen molar-refractivity contribution in [3.63, 3.8) is 0 Å². The number of hydrogen-bond acceptors (Lipinski definition) is 4. The highest BCUT2D eigenvalue weighted by Crippen LogP contribution is 2.47. The van der Waals surface area contributed by atoms with E-state index in [0.29, 0.717) is 11.3 Å². The molecule has 0 N–H and O–H groups in total. The molecule has 2 atom stereocenters. The summed E-state index contributed by atoms with van der Waals surface area (Å²) in [6.45, 7) is 11.2. The first kappa shape index (κ1) is 22.0. The number of ether oxygens (including phenoxy) is 2. The third-order valence-corrected chi connectivity index (χ3v) is 6.58. The van der Waals surface area contributed by atoms with Crippen LogP contribution >= 0.6 is 0 Å². The molecule has 1 aliphatic heterocycles. The van der Waals surface area contributed by atoms with E-state index in [9.17, 15) is 5.26 Å². The van der Waals surface area contributed by atoms with Gasteiger partial charge in [-0.3, -0.25) is 4.98 Å². The molecule has 0 radical (unpaired) electrons. The Balaban J connectivity index is 1.43. The van der Waals surface area contributed by atoms with Gasteiger partial charge in [0.1, 0.15) is 12.2 Å². The summed E-state index contributed by atoms with van der Waals surface area (Å²) < 4.78 is 14.8. The van der Waals surface area contributed by atoms with E-state index in [1.807, 2.05) is 38.4 Å². The minimum Gasteiger partial charge on any atom is -0.340 e. The van der Waals surface area contributed by atoms with Crippen molar-refractivity contribution < 1.29 is 9.47 Å². The largest absolute Gasteiger partial charge is 0.340 e. The average molecular weight is 471 g/mol. The Labute approximate surface area is 208 Å². The van der Waals surface area contributed by atoms with Crippen LogP contribution in [-0.2, 0) is 9.47 Å². The topological polar surface area (TPSA) is 64.4 Å². The van der Waals surface area contributed by atoms with Crippen LogP contribution in [0.1, 0.15) is 42.7 Å². The molecule has 0 unspecified atom stereocenters. The number of aromatic nitrogens is 2. The fourth-order valence-corrected chi connectivity index (χ4v) is 5.09. The Kier molecular flexibility index (Phi) is 5.09. The highest BCUT2D eigenvalue weighted by molar-refractivity contribution is 6.08. The predicted molar refractivity (Wildman–Crippen MR) is 138 cm³/mol. The summed E-state index contributed by atoms with van der Waals surface area (Å²) in [5.41, 5.74) is 5.74. The maximum absolute atomic E-state index is 9.45. The first-order valence-electron chi connectivity index (χ1n) is 11.7. The van der Waals surface area contributed by atoms with Crippen molar-refractivity contribution in [2.45, 2.75) is 31.8 Å². The number of fused-ring (bicyclic) bond motifs is 3. The second-order valence-electron chi connectivity index (χ2n) is 9.35. The summed E-state index contributed by atoms with van der Waals surface area (Å²) >= 11 is 0. The zero-order valence-electron chi connectivity index (χ0n) is 19.8. The zero-order valence-corrected chi connectivity index (χ0v) is 19.8. The van der Waals surface area contributed by atoms with Gasteiger partial charge in [0.25, 0.3) is 0 Å². The van der Waals surface area contributed by atoms with Crippen molar-refractivity contribution in [2.24, 2.45) is 0 Å². The smallest absolute Gasteiger partial charge is 0.188 e. The number of hydrogen-bond donors (Lipinski definition) is 0. The molecule has 3 heterocycles. The van der Waals surface area contributed by atoms with Crippen LogP contribution < -0.4 is 0 Å². The Morgan fingerprint density at radius 3 is 2.39 bits per heavy atom. The van der Waals surface area contributed by atoms with Crippen LogP contribution in [0.3, 0.4) is 0 Å². The molecule has 3 aromatic carbocycles. The van der Waals surface area contributed by atoms with Gasteiger partial charge in [-0.25, -0.2) is 4.85 Å². The van der Waals surface area contributed by atoms with E-state index < -0.39 is 11.9 Å². The third kappa shape index (κ3) is 3.61. The van der Waals surface area contributed by atoms with Gasteiger partial charge in [-0.05, 0) is 61.4 Å². The van der Waals surface area contributed by atoms with Crippen molar-refractivity contribution in [3.8, 4) is 11.8 Å². The molecule has 36 heavy (non-hydrogen) atoms. The van der Waals surface area contributed by atoms with Gasteiger partial charge in [-0.2, -0.15) is 5.26 Å². The molecule has 174 valence electrons. The molecule has 5 aromatic rings. The predicted octanol–water partition coefficient (Wildman–Crippen LogP) is 7.17. The lowest BCUT2D eigenvalue weighted by molar-refractivity contribution is -0.147. The fraction of sp³-hybridized carbons (Fsp3) is 0.167. The number of nitrogens with zero attached hydrogens (tertiary/aromatic N) is 4. The number of nitriles is 1. The van der Waals surface area contributed by atoms with Crippen molar-refractivity contribution in [1.82, 2.24) is 9.55 Å². The number of benzene rings is 3. The molecule has 6 heteroatoms. The molecular weight excluding hydrogens is 448 g/mol. The van der Waals surface area contributed by atoms with Gasteiger partial charge < -0.3 is 14.0 Å². The fourth-order valence-electron chi connectivity index (χ4n) is 5.09. The van der Waals surface area contributed by atoms with Crippen molar-refractivity contribution >= 4 is 27.5 Å². The van der Waals surface area contributed by atoms with Crippen molar-refractivity contribution in [2.75, 3.05) is 0 Å². The highest BCUT2D eigenvalue weighted by atomic mass is 16.7. The Hall–Kier alpha value is -4.49. The second-order valence-corrected chi connectivity index (χ2v) is 9.35. The molecule has 6 rings (SSSR count). The quantitative estimate of drug-likeness (QED) is 0.262. The molecule has 0 saturated carbocycles. The minimum atomic E-state index is -0.812. The van der Waals surface area contributed by atoms with E-state index in [4.69, 9.17) is 16.0 Å². The lowest BCUT2D eigenvalue weighted by atomic mass is 9.96. The van der Waals surface area contributed by atoms with E-state index in [2.05, 4.69) is 62.9 Å². The third-order valence-electron chi connectivity index (χ3n) is 6.58. The van der Waals surface area contributed by atoms with E-state index in [1.54, 1.807) is 18.2 Å². The summed E-state index contributed by atoms with van der Waals surface area (Å²) in [7, 11) is 0. The molecule has 1 fully saturated rings. The van der Waals surface area contributed by atoms with Crippen LogP contribution in [-0.4, -0.2) is 15.3 Å². The first-order valence-corrected chi connectivity index (χ1v) is 11.7. The van der Waals surface area contributed by atoms with E-state index >= 15 is 0 Å². The van der Waals surface area contributed by atoms with Crippen LogP contribution in [0, 0.1) is 17.9 Å². The molecule has 0 amide bonds. The molecule has 1 aliphatic rings. The molecule has 1 saturated heterocycles. The molecular formula is C30H22N4O2. The Morgan fingerprint density at radius 2 is 1.64 bits per heavy atom. The van der Waals surface area contributed by atoms with Crippen LogP contribution in [0.25, 0.3) is 32.3 Å². The van der Waals surface area contributed by atoms with Crippen molar-refractivity contribution in [3.05, 3.63) is 113 Å². The summed E-state index contributed by atoms with van der Waals surface area (Å²) in [4.78, 5) is 7.89. The summed E-state index contributed by atoms with van der Waals surface area (Å²) in [5, 5.41) is 11.8. The van der Waals surface area contributed by atoms with Gasteiger partial charge in [-0.1, -0.05) is 36.4 Å². The number of para-hydroxylation sites is 1. The van der Waals surface area contributed by atoms with Crippen LogP contribution in [0.4, 0.5) is 5.69 Å². The standard InChI is InChI=1S/C30H22N4O2/c1-30(2)35-28(29(36-30)21-14-19(17-31)15-22(16-21)32-3)20-8-10-23(11-9-20)34-26-7-5-4-6-24(26)25-12-13-33-18-27(25)34/h4-16,18,28-29H,1-2H3/t28-,29-/m1/s1. The normalized spacial score (nSPS) is 18.8. The number of pyridine rings is 1. The van der Waals surface area contributed by atoms with E-state index in [0.717, 1.165) is 33.2 Å². The van der Waals surface area contributed by atoms with Crippen LogP contribution in [0.15, 0.2) is 85.2 Å². The van der Waals surface area contributed by atoms with Gasteiger partial charge in [0.05, 0.1) is 29.9 Å². The second kappa shape index (κ2) is 8.32. The van der Waals surface area contributed by atoms with E-state index in [1.165, 1.54) is 5.39 Å². The van der Waals surface area contributed by atoms with Crippen LogP contribution in [0.5, 0.6) is 0 Å². The SMILES string of the molecule is [C-]#[N+]c1cc(C#N)cc([C@H]2OC(C)(C)O[C@@H]2c2ccc(-n3c4ccccc4c4ccncc43)cc2)c1. The van der Waals surface area contributed by atoms with E-state index in [-0.39, 0.29) is 6.10 Å². The van der Waals surface area contributed by atoms with Gasteiger partial charge in [0.15, 0.2) is 11.5 Å². The Bertz CT molecular complexity index is 1620. The average Bonchev–Trinajstić information content (AvgIpc) is 3.42. The monoisotopic (exact) mass is 470 g/mol. The van der Waals surface area contributed by atoms with Crippen LogP contribution in [0.2, 0.25) is 0 Å². The molecule has 0 spiro atoms. The number of rotatable bonds is 3. The molecule has 2 aromatic heterocycles. The lowest BCUT2D eigenvalue weighted by Crippen LogP contribution is -2.20.